The summed E-state index contributed by atoms with van der Waals surface area (Å²) in [6, 6.07) is 2.70. The number of nitro benzene ring substituents is 1. The number of fused-ring (bicyclic) bond motifs is 1. The molecule has 1 aliphatic heterocycles. The second kappa shape index (κ2) is 7.44. The van der Waals surface area contributed by atoms with E-state index >= 15 is 0 Å². The Kier molecular flexibility index (Phi) is 5.09. The maximum absolute atomic E-state index is 11.8. The van der Waals surface area contributed by atoms with Crippen molar-refractivity contribution < 1.29 is 19.2 Å². The van der Waals surface area contributed by atoms with Gasteiger partial charge in [-0.3, -0.25) is 14.9 Å². The standard InChI is InChI=1S/C13H11N5O5S2/c1-7-15-17-13(25-7)24-5-12(19)16-14-4-8-2-10-11(23-6-22-10)3-9(8)18(20)21/h2-4H,5-6H2,1H3,(H,16,19)/b14-4+. The van der Waals surface area contributed by atoms with Crippen LogP contribution in [0.15, 0.2) is 21.6 Å². The number of carbonyl (C=O) groups excluding carboxylic acids is 1. The Morgan fingerprint density at radius 2 is 2.24 bits per heavy atom. The molecule has 25 heavy (non-hydrogen) atoms. The average Bonchev–Trinajstić information content (AvgIpc) is 3.20. The van der Waals surface area contributed by atoms with Gasteiger partial charge >= 0.3 is 0 Å². The van der Waals surface area contributed by atoms with E-state index in [0.29, 0.717) is 15.8 Å². The van der Waals surface area contributed by atoms with Gasteiger partial charge in [0, 0.05) is 0 Å². The van der Waals surface area contributed by atoms with Crippen LogP contribution < -0.4 is 14.9 Å². The van der Waals surface area contributed by atoms with Gasteiger partial charge in [0.25, 0.3) is 11.6 Å². The number of benzene rings is 1. The highest BCUT2D eigenvalue weighted by Crippen LogP contribution is 2.37. The monoisotopic (exact) mass is 381 g/mol. The van der Waals surface area contributed by atoms with E-state index in [1.165, 1.54) is 41.4 Å². The number of carbonyl (C=O) groups is 1. The molecule has 0 fully saturated rings. The molecule has 1 aliphatic rings. The van der Waals surface area contributed by atoms with E-state index in [4.69, 9.17) is 9.47 Å². The third-order valence-corrected chi connectivity index (χ3v) is 4.92. The normalized spacial score (nSPS) is 12.5. The Morgan fingerprint density at radius 1 is 1.48 bits per heavy atom. The molecule has 1 aromatic carbocycles. The minimum atomic E-state index is -0.557. The number of aromatic nitrogens is 2. The third kappa shape index (κ3) is 4.22. The number of thioether (sulfide) groups is 1. The number of hydrazone groups is 1. The molecule has 0 bridgehead atoms. The number of amides is 1. The highest BCUT2D eigenvalue weighted by Gasteiger charge is 2.22. The second-order valence-corrected chi connectivity index (χ2v) is 7.09. The molecule has 12 heteroatoms. The van der Waals surface area contributed by atoms with Crippen molar-refractivity contribution in [1.82, 2.24) is 15.6 Å². The first kappa shape index (κ1) is 17.1. The van der Waals surface area contributed by atoms with Crippen molar-refractivity contribution in [2.75, 3.05) is 12.5 Å². The Morgan fingerprint density at radius 3 is 2.92 bits per heavy atom. The van der Waals surface area contributed by atoms with Gasteiger partial charge in [0.2, 0.25) is 6.79 Å². The molecule has 0 saturated heterocycles. The van der Waals surface area contributed by atoms with Gasteiger partial charge in [-0.15, -0.1) is 10.2 Å². The first-order valence-electron chi connectivity index (χ1n) is 6.86. The summed E-state index contributed by atoms with van der Waals surface area (Å²) in [5.74, 6) is 0.435. The number of nitrogens with one attached hydrogen (secondary N) is 1. The Labute approximate surface area is 149 Å². The molecule has 0 radical (unpaired) electrons. The van der Waals surface area contributed by atoms with Crippen LogP contribution in [0.25, 0.3) is 0 Å². The molecular formula is C13H11N5O5S2. The molecule has 2 heterocycles. The zero-order chi connectivity index (χ0) is 17.8. The summed E-state index contributed by atoms with van der Waals surface area (Å²) in [4.78, 5) is 22.3. The number of hydrogen-bond donors (Lipinski definition) is 1. The minimum Gasteiger partial charge on any atom is -0.454 e. The summed E-state index contributed by atoms with van der Waals surface area (Å²) in [5, 5.41) is 23.4. The van der Waals surface area contributed by atoms with Crippen molar-refractivity contribution in [2.24, 2.45) is 5.10 Å². The first-order chi connectivity index (χ1) is 12.0. The van der Waals surface area contributed by atoms with Crippen molar-refractivity contribution in [3.8, 4) is 11.5 Å². The zero-order valence-electron chi connectivity index (χ0n) is 12.8. The van der Waals surface area contributed by atoms with Crippen LogP contribution in [0.4, 0.5) is 5.69 Å². The van der Waals surface area contributed by atoms with Gasteiger partial charge in [0.15, 0.2) is 15.8 Å². The lowest BCUT2D eigenvalue weighted by Crippen LogP contribution is -2.19. The summed E-state index contributed by atoms with van der Waals surface area (Å²) in [5.41, 5.74) is 2.32. The van der Waals surface area contributed by atoms with Gasteiger partial charge < -0.3 is 9.47 Å². The van der Waals surface area contributed by atoms with Crippen molar-refractivity contribution in [2.45, 2.75) is 11.3 Å². The Hall–Kier alpha value is -2.73. The van der Waals surface area contributed by atoms with Gasteiger partial charge in [-0.05, 0) is 13.0 Å². The average molecular weight is 381 g/mol. The van der Waals surface area contributed by atoms with E-state index in [9.17, 15) is 14.9 Å². The lowest BCUT2D eigenvalue weighted by molar-refractivity contribution is -0.385. The molecule has 10 nitrogen and oxygen atoms in total. The van der Waals surface area contributed by atoms with Crippen LogP contribution in [0.5, 0.6) is 11.5 Å². The van der Waals surface area contributed by atoms with Crippen LogP contribution >= 0.6 is 23.1 Å². The summed E-state index contributed by atoms with van der Waals surface area (Å²) in [6.45, 7) is 1.83. The van der Waals surface area contributed by atoms with Crippen molar-refractivity contribution in [3.63, 3.8) is 0 Å². The highest BCUT2D eigenvalue weighted by atomic mass is 32.2. The lowest BCUT2D eigenvalue weighted by Gasteiger charge is -2.01. The van der Waals surface area contributed by atoms with Crippen LogP contribution in [0.1, 0.15) is 10.6 Å². The van der Waals surface area contributed by atoms with Crippen LogP contribution in [-0.2, 0) is 4.79 Å². The van der Waals surface area contributed by atoms with Crippen molar-refractivity contribution in [3.05, 3.63) is 32.8 Å². The fourth-order valence-electron chi connectivity index (χ4n) is 1.88. The van der Waals surface area contributed by atoms with Crippen LogP contribution in [-0.4, -0.2) is 39.8 Å². The van der Waals surface area contributed by atoms with Crippen molar-refractivity contribution >= 4 is 40.9 Å². The molecule has 1 N–H and O–H groups in total. The molecular weight excluding hydrogens is 370 g/mol. The van der Waals surface area contributed by atoms with Crippen LogP contribution in [0.2, 0.25) is 0 Å². The molecule has 1 aromatic heterocycles. The molecule has 0 saturated carbocycles. The van der Waals surface area contributed by atoms with E-state index < -0.39 is 4.92 Å². The number of nitrogens with zero attached hydrogens (tertiary/aromatic N) is 4. The van der Waals surface area contributed by atoms with Gasteiger partial charge in [0.05, 0.1) is 28.5 Å². The molecule has 130 valence electrons. The zero-order valence-corrected chi connectivity index (χ0v) is 14.4. The number of ether oxygens (including phenoxy) is 2. The molecule has 0 unspecified atom stereocenters. The fraction of sp³-hybridized carbons (Fsp3) is 0.231. The number of hydrogen-bond acceptors (Lipinski definition) is 10. The van der Waals surface area contributed by atoms with Gasteiger partial charge in [-0.1, -0.05) is 23.1 Å². The summed E-state index contributed by atoms with van der Waals surface area (Å²) in [7, 11) is 0. The lowest BCUT2D eigenvalue weighted by atomic mass is 10.1. The first-order valence-corrected chi connectivity index (χ1v) is 8.66. The predicted octanol–water partition coefficient (Wildman–Crippen LogP) is 1.73. The molecule has 1 amide bonds. The topological polar surface area (TPSA) is 129 Å². The number of nitro groups is 1. The second-order valence-electron chi connectivity index (χ2n) is 4.69. The highest BCUT2D eigenvalue weighted by molar-refractivity contribution is 8.01. The molecule has 2 aromatic rings. The van der Waals surface area contributed by atoms with Crippen molar-refractivity contribution in [1.29, 1.82) is 0 Å². The van der Waals surface area contributed by atoms with E-state index in [0.717, 1.165) is 5.01 Å². The Bertz CT molecular complexity index is 853. The van der Waals surface area contributed by atoms with E-state index in [1.807, 2.05) is 6.92 Å². The maximum atomic E-state index is 11.8. The predicted molar refractivity (Wildman–Crippen MR) is 90.3 cm³/mol. The number of rotatable bonds is 6. The molecule has 3 rings (SSSR count). The Balaban J connectivity index is 1.61. The number of aryl methyl sites for hydroxylation is 1. The molecule has 0 atom stereocenters. The van der Waals surface area contributed by atoms with E-state index in [-0.39, 0.29) is 29.7 Å². The summed E-state index contributed by atoms with van der Waals surface area (Å²) < 4.78 is 11.0. The summed E-state index contributed by atoms with van der Waals surface area (Å²) in [6.07, 6.45) is 1.19. The minimum absolute atomic E-state index is 0.00608. The maximum Gasteiger partial charge on any atom is 0.282 e. The summed E-state index contributed by atoms with van der Waals surface area (Å²) >= 11 is 2.62. The van der Waals surface area contributed by atoms with Crippen LogP contribution in [0.3, 0.4) is 0 Å². The largest absolute Gasteiger partial charge is 0.454 e. The molecule has 0 spiro atoms. The third-order valence-electron chi connectivity index (χ3n) is 2.95. The van der Waals surface area contributed by atoms with Crippen LogP contribution in [0, 0.1) is 17.0 Å². The van der Waals surface area contributed by atoms with E-state index in [2.05, 4.69) is 20.7 Å². The SMILES string of the molecule is Cc1nnc(SCC(=O)N/N=C/c2cc3c(cc2[N+](=O)[O-])OCO3)s1. The smallest absolute Gasteiger partial charge is 0.282 e. The van der Waals surface area contributed by atoms with Gasteiger partial charge in [-0.25, -0.2) is 5.43 Å². The van der Waals surface area contributed by atoms with Gasteiger partial charge in [0.1, 0.15) is 5.01 Å². The quantitative estimate of drug-likeness (QED) is 0.347. The van der Waals surface area contributed by atoms with Gasteiger partial charge in [-0.2, -0.15) is 5.10 Å². The fourth-order valence-corrected chi connectivity index (χ4v) is 3.49. The molecule has 0 aliphatic carbocycles. The van der Waals surface area contributed by atoms with E-state index in [1.54, 1.807) is 0 Å².